The van der Waals surface area contributed by atoms with Crippen LogP contribution in [0.25, 0.3) is 0 Å². The van der Waals surface area contributed by atoms with Crippen LogP contribution in [0.15, 0.2) is 4.99 Å². The van der Waals surface area contributed by atoms with Gasteiger partial charge in [0.05, 0.1) is 0 Å². The summed E-state index contributed by atoms with van der Waals surface area (Å²) in [6, 6.07) is 0. The first-order valence-electron chi connectivity index (χ1n) is 10.6. The van der Waals surface area contributed by atoms with Crippen molar-refractivity contribution in [2.75, 3.05) is 53.4 Å². The van der Waals surface area contributed by atoms with Crippen LogP contribution >= 0.6 is 24.0 Å². The SMILES string of the molecule is CN=C(NCC1CCN(C)C1)NCC1(N2CCCCC2)CCCCC1.I. The van der Waals surface area contributed by atoms with Crippen molar-refractivity contribution >= 4 is 29.9 Å². The summed E-state index contributed by atoms with van der Waals surface area (Å²) in [6.45, 7) is 7.13. The maximum Gasteiger partial charge on any atom is 0.191 e. The highest BCUT2D eigenvalue weighted by atomic mass is 127. The Morgan fingerprint density at radius 2 is 1.69 bits per heavy atom. The summed E-state index contributed by atoms with van der Waals surface area (Å²) in [5.74, 6) is 1.76. The van der Waals surface area contributed by atoms with Crippen LogP contribution in [0.5, 0.6) is 0 Å². The zero-order valence-corrected chi connectivity index (χ0v) is 19.3. The highest BCUT2D eigenvalue weighted by Gasteiger charge is 2.38. The fourth-order valence-electron chi connectivity index (χ4n) is 5.09. The molecule has 2 N–H and O–H groups in total. The van der Waals surface area contributed by atoms with E-state index in [0.29, 0.717) is 5.54 Å². The van der Waals surface area contributed by atoms with Gasteiger partial charge < -0.3 is 15.5 Å². The minimum Gasteiger partial charge on any atom is -0.356 e. The van der Waals surface area contributed by atoms with Gasteiger partial charge in [0.1, 0.15) is 0 Å². The van der Waals surface area contributed by atoms with Crippen molar-refractivity contribution in [1.82, 2.24) is 20.4 Å². The van der Waals surface area contributed by atoms with E-state index < -0.39 is 0 Å². The lowest BCUT2D eigenvalue weighted by molar-refractivity contribution is 0.0368. The summed E-state index contributed by atoms with van der Waals surface area (Å²) in [5.41, 5.74) is 0.365. The van der Waals surface area contributed by atoms with Crippen molar-refractivity contribution in [2.45, 2.75) is 63.3 Å². The minimum atomic E-state index is 0. The smallest absolute Gasteiger partial charge is 0.191 e. The minimum absolute atomic E-state index is 0. The number of guanidine groups is 1. The van der Waals surface area contributed by atoms with Gasteiger partial charge in [-0.15, -0.1) is 24.0 Å². The van der Waals surface area contributed by atoms with Gasteiger partial charge in [-0.05, 0) is 64.7 Å². The highest BCUT2D eigenvalue weighted by Crippen LogP contribution is 2.35. The number of piperidine rings is 1. The summed E-state index contributed by atoms with van der Waals surface area (Å²) in [4.78, 5) is 9.72. The monoisotopic (exact) mass is 477 g/mol. The molecule has 3 rings (SSSR count). The Morgan fingerprint density at radius 1 is 1.00 bits per heavy atom. The van der Waals surface area contributed by atoms with Crippen LogP contribution < -0.4 is 10.6 Å². The number of aliphatic imine (C=N–C) groups is 1. The molecule has 0 aromatic rings. The highest BCUT2D eigenvalue weighted by molar-refractivity contribution is 14.0. The lowest BCUT2D eigenvalue weighted by Gasteiger charge is -2.48. The van der Waals surface area contributed by atoms with Crippen molar-refractivity contribution in [2.24, 2.45) is 10.9 Å². The summed E-state index contributed by atoms with van der Waals surface area (Å²) in [5, 5.41) is 7.28. The number of halogens is 1. The molecule has 0 aromatic heterocycles. The van der Waals surface area contributed by atoms with E-state index in [0.717, 1.165) is 25.0 Å². The summed E-state index contributed by atoms with van der Waals surface area (Å²) < 4.78 is 0. The average molecular weight is 477 g/mol. The van der Waals surface area contributed by atoms with Crippen LogP contribution in [0, 0.1) is 5.92 Å². The fourth-order valence-corrected chi connectivity index (χ4v) is 5.09. The van der Waals surface area contributed by atoms with Crippen molar-refractivity contribution < 1.29 is 0 Å². The molecule has 152 valence electrons. The van der Waals surface area contributed by atoms with Crippen molar-refractivity contribution in [3.63, 3.8) is 0 Å². The predicted molar refractivity (Wildman–Crippen MR) is 122 cm³/mol. The van der Waals surface area contributed by atoms with E-state index in [9.17, 15) is 0 Å². The van der Waals surface area contributed by atoms with Crippen LogP contribution in [0.2, 0.25) is 0 Å². The topological polar surface area (TPSA) is 42.9 Å². The maximum absolute atomic E-state index is 4.49. The fraction of sp³-hybridized carbons (Fsp3) is 0.950. The molecule has 1 unspecified atom stereocenters. The molecule has 1 aliphatic carbocycles. The molecular formula is C20H40IN5. The number of likely N-dealkylation sites (tertiary alicyclic amines) is 2. The third-order valence-corrected chi connectivity index (χ3v) is 6.67. The third-order valence-electron chi connectivity index (χ3n) is 6.67. The van der Waals surface area contributed by atoms with Gasteiger partial charge in [-0.1, -0.05) is 25.7 Å². The van der Waals surface area contributed by atoms with Gasteiger partial charge >= 0.3 is 0 Å². The van der Waals surface area contributed by atoms with Gasteiger partial charge in [0.15, 0.2) is 5.96 Å². The Bertz CT molecular complexity index is 430. The molecule has 0 bridgehead atoms. The predicted octanol–water partition coefficient (Wildman–Crippen LogP) is 2.91. The Kier molecular flexibility index (Phi) is 9.44. The van der Waals surface area contributed by atoms with E-state index in [1.807, 2.05) is 7.05 Å². The molecule has 2 heterocycles. The van der Waals surface area contributed by atoms with Crippen molar-refractivity contribution in [3.05, 3.63) is 0 Å². The number of nitrogens with zero attached hydrogens (tertiary/aromatic N) is 3. The van der Waals surface area contributed by atoms with E-state index in [-0.39, 0.29) is 24.0 Å². The Morgan fingerprint density at radius 3 is 2.31 bits per heavy atom. The third kappa shape index (κ3) is 5.96. The van der Waals surface area contributed by atoms with Gasteiger partial charge in [0.2, 0.25) is 0 Å². The van der Waals surface area contributed by atoms with E-state index in [1.54, 1.807) is 0 Å². The second-order valence-corrected chi connectivity index (χ2v) is 8.56. The van der Waals surface area contributed by atoms with Gasteiger partial charge in [0.25, 0.3) is 0 Å². The first-order valence-corrected chi connectivity index (χ1v) is 10.6. The molecule has 0 spiro atoms. The van der Waals surface area contributed by atoms with Crippen molar-refractivity contribution in [1.29, 1.82) is 0 Å². The van der Waals surface area contributed by atoms with Crippen LogP contribution in [-0.4, -0.2) is 74.7 Å². The number of hydrogen-bond acceptors (Lipinski definition) is 3. The van der Waals surface area contributed by atoms with E-state index in [2.05, 4.69) is 32.5 Å². The van der Waals surface area contributed by atoms with Gasteiger partial charge in [-0.25, -0.2) is 0 Å². The van der Waals surface area contributed by atoms with Crippen molar-refractivity contribution in [3.8, 4) is 0 Å². The molecule has 0 amide bonds. The molecule has 3 fully saturated rings. The molecular weight excluding hydrogens is 437 g/mol. The summed E-state index contributed by atoms with van der Waals surface area (Å²) in [7, 11) is 4.13. The Hall–Kier alpha value is -0.0800. The lowest BCUT2D eigenvalue weighted by Crippen LogP contribution is -2.59. The van der Waals surface area contributed by atoms with Crippen LogP contribution in [0.4, 0.5) is 0 Å². The van der Waals surface area contributed by atoms with E-state index in [1.165, 1.54) is 84.0 Å². The van der Waals surface area contributed by atoms with Crippen LogP contribution in [-0.2, 0) is 0 Å². The maximum atomic E-state index is 4.49. The standard InChI is InChI=1S/C20H39N5.HI/c1-21-19(22-15-18-9-14-24(2)16-18)23-17-20(10-5-3-6-11-20)25-12-7-4-8-13-25;/h18H,3-17H2,1-2H3,(H2,21,22,23);1H. The summed E-state index contributed by atoms with van der Waals surface area (Å²) in [6.07, 6.45) is 12.4. The van der Waals surface area contributed by atoms with E-state index >= 15 is 0 Å². The molecule has 1 saturated carbocycles. The first kappa shape index (κ1) is 22.2. The van der Waals surface area contributed by atoms with Gasteiger partial charge in [0, 0.05) is 32.2 Å². The van der Waals surface area contributed by atoms with E-state index in [4.69, 9.17) is 0 Å². The lowest BCUT2D eigenvalue weighted by atomic mass is 9.79. The average Bonchev–Trinajstić information content (AvgIpc) is 3.08. The van der Waals surface area contributed by atoms with Gasteiger partial charge in [-0.3, -0.25) is 9.89 Å². The molecule has 0 radical (unpaired) electrons. The number of nitrogens with one attached hydrogen (secondary N) is 2. The summed E-state index contributed by atoms with van der Waals surface area (Å²) >= 11 is 0. The molecule has 2 saturated heterocycles. The molecule has 2 aliphatic heterocycles. The number of hydrogen-bond donors (Lipinski definition) is 2. The molecule has 5 nitrogen and oxygen atoms in total. The zero-order valence-electron chi connectivity index (χ0n) is 16.9. The molecule has 1 atom stereocenters. The van der Waals surface area contributed by atoms with Crippen LogP contribution in [0.1, 0.15) is 57.8 Å². The quantitative estimate of drug-likeness (QED) is 0.363. The Labute approximate surface area is 177 Å². The molecule has 0 aromatic carbocycles. The molecule has 6 heteroatoms. The Balaban J connectivity index is 0.00000243. The molecule has 3 aliphatic rings. The zero-order chi connectivity index (χ0) is 17.5. The normalized spacial score (nSPS) is 27.8. The van der Waals surface area contributed by atoms with Gasteiger partial charge in [-0.2, -0.15) is 0 Å². The number of rotatable bonds is 5. The second kappa shape index (κ2) is 11.1. The second-order valence-electron chi connectivity index (χ2n) is 8.56. The first-order chi connectivity index (χ1) is 12.2. The largest absolute Gasteiger partial charge is 0.356 e. The van der Waals surface area contributed by atoms with Crippen LogP contribution in [0.3, 0.4) is 0 Å². The molecule has 26 heavy (non-hydrogen) atoms.